The van der Waals surface area contributed by atoms with E-state index in [-0.39, 0.29) is 6.04 Å². The van der Waals surface area contributed by atoms with Gasteiger partial charge in [0.2, 0.25) is 0 Å². The zero-order valence-electron chi connectivity index (χ0n) is 12.2. The fourth-order valence-corrected chi connectivity index (χ4v) is 3.31. The molecule has 0 spiro atoms. The maximum Gasteiger partial charge on any atom is 0.122 e. The van der Waals surface area contributed by atoms with E-state index in [4.69, 9.17) is 4.74 Å². The Morgan fingerprint density at radius 3 is 2.62 bits per heavy atom. The lowest BCUT2D eigenvalue weighted by Crippen LogP contribution is -2.23. The largest absolute Gasteiger partial charge is 0.496 e. The Hall–Kier alpha value is -0.840. The fraction of sp³-hybridized carbons (Fsp3) is 0.294. The molecule has 0 saturated carbocycles. The van der Waals surface area contributed by atoms with Gasteiger partial charge in [0, 0.05) is 15.0 Å². The van der Waals surface area contributed by atoms with Crippen molar-refractivity contribution in [1.29, 1.82) is 0 Å². The molecule has 4 heteroatoms. The number of hydrogen-bond acceptors (Lipinski definition) is 2. The zero-order chi connectivity index (χ0) is 15.2. The predicted octanol–water partition coefficient (Wildman–Crippen LogP) is 5.11. The van der Waals surface area contributed by atoms with Gasteiger partial charge in [0.05, 0.1) is 7.11 Å². The van der Waals surface area contributed by atoms with Gasteiger partial charge in [-0.3, -0.25) is 0 Å². The summed E-state index contributed by atoms with van der Waals surface area (Å²) in [5.74, 6) is 0.937. The number of rotatable bonds is 6. The molecule has 0 aliphatic heterocycles. The van der Waals surface area contributed by atoms with E-state index in [0.717, 1.165) is 27.7 Å². The molecular weight excluding hydrogens is 394 g/mol. The SMILES string of the molecule is CCNC(Cc1ccccc1OC)c1cc(Br)ccc1Br. The summed E-state index contributed by atoms with van der Waals surface area (Å²) in [5.41, 5.74) is 2.45. The number of para-hydroxylation sites is 1. The van der Waals surface area contributed by atoms with Crippen molar-refractivity contribution in [3.8, 4) is 5.75 Å². The first kappa shape index (κ1) is 16.5. The third-order valence-electron chi connectivity index (χ3n) is 3.40. The lowest BCUT2D eigenvalue weighted by Gasteiger charge is -2.21. The van der Waals surface area contributed by atoms with Crippen molar-refractivity contribution in [1.82, 2.24) is 5.32 Å². The molecule has 2 nitrogen and oxygen atoms in total. The Morgan fingerprint density at radius 1 is 1.14 bits per heavy atom. The molecule has 0 radical (unpaired) electrons. The van der Waals surface area contributed by atoms with E-state index in [2.05, 4.69) is 68.4 Å². The van der Waals surface area contributed by atoms with Crippen LogP contribution in [0.15, 0.2) is 51.4 Å². The van der Waals surface area contributed by atoms with E-state index >= 15 is 0 Å². The average Bonchev–Trinajstić information content (AvgIpc) is 2.50. The molecule has 1 atom stereocenters. The number of halogens is 2. The molecule has 0 fully saturated rings. The highest BCUT2D eigenvalue weighted by molar-refractivity contribution is 9.11. The number of ether oxygens (including phenoxy) is 1. The van der Waals surface area contributed by atoms with Crippen molar-refractivity contribution in [2.45, 2.75) is 19.4 Å². The topological polar surface area (TPSA) is 21.3 Å². The van der Waals surface area contributed by atoms with E-state index < -0.39 is 0 Å². The summed E-state index contributed by atoms with van der Waals surface area (Å²) >= 11 is 7.21. The highest BCUT2D eigenvalue weighted by Gasteiger charge is 2.16. The second-order valence-electron chi connectivity index (χ2n) is 4.79. The van der Waals surface area contributed by atoms with Gasteiger partial charge in [-0.05, 0) is 48.4 Å². The first-order valence-electron chi connectivity index (χ1n) is 6.96. The first-order chi connectivity index (χ1) is 10.2. The number of nitrogens with one attached hydrogen (secondary N) is 1. The molecule has 0 aliphatic carbocycles. The summed E-state index contributed by atoms with van der Waals surface area (Å²) in [7, 11) is 1.72. The van der Waals surface area contributed by atoms with E-state index in [1.165, 1.54) is 11.1 Å². The number of methoxy groups -OCH3 is 1. The molecule has 0 amide bonds. The van der Waals surface area contributed by atoms with Gasteiger partial charge in [0.1, 0.15) is 5.75 Å². The molecule has 1 N–H and O–H groups in total. The molecule has 0 saturated heterocycles. The summed E-state index contributed by atoms with van der Waals surface area (Å²) in [6.45, 7) is 3.04. The fourth-order valence-electron chi connectivity index (χ4n) is 2.41. The number of hydrogen-bond donors (Lipinski definition) is 1. The summed E-state index contributed by atoms with van der Waals surface area (Å²) < 4.78 is 7.67. The van der Waals surface area contributed by atoms with Crippen molar-refractivity contribution < 1.29 is 4.74 Å². The molecule has 2 aromatic rings. The summed E-state index contributed by atoms with van der Waals surface area (Å²) in [5, 5.41) is 3.56. The second-order valence-corrected chi connectivity index (χ2v) is 6.56. The minimum atomic E-state index is 0.234. The van der Waals surface area contributed by atoms with Gasteiger partial charge >= 0.3 is 0 Å². The lowest BCUT2D eigenvalue weighted by atomic mass is 9.98. The van der Waals surface area contributed by atoms with Gasteiger partial charge in [-0.15, -0.1) is 0 Å². The van der Waals surface area contributed by atoms with Gasteiger partial charge in [-0.2, -0.15) is 0 Å². The summed E-state index contributed by atoms with van der Waals surface area (Å²) in [6, 6.07) is 14.7. The quantitative estimate of drug-likeness (QED) is 0.711. The monoisotopic (exact) mass is 411 g/mol. The van der Waals surface area contributed by atoms with Crippen LogP contribution in [0.1, 0.15) is 24.1 Å². The Morgan fingerprint density at radius 2 is 1.90 bits per heavy atom. The van der Waals surface area contributed by atoms with E-state index in [9.17, 15) is 0 Å². The number of likely N-dealkylation sites (N-methyl/N-ethyl adjacent to an activating group) is 1. The second kappa shape index (κ2) is 7.97. The Bertz CT molecular complexity index is 601. The molecule has 0 aliphatic rings. The standard InChI is InChI=1S/C17H19Br2NO/c1-3-20-16(14-11-13(18)8-9-15(14)19)10-12-6-4-5-7-17(12)21-2/h4-9,11,16,20H,3,10H2,1-2H3. The zero-order valence-corrected chi connectivity index (χ0v) is 15.4. The average molecular weight is 413 g/mol. The van der Waals surface area contributed by atoms with Gasteiger partial charge in [0.15, 0.2) is 0 Å². The predicted molar refractivity (Wildman–Crippen MR) is 95.0 cm³/mol. The Labute approximate surface area is 143 Å². The lowest BCUT2D eigenvalue weighted by molar-refractivity contribution is 0.405. The van der Waals surface area contributed by atoms with Crippen molar-refractivity contribution in [2.75, 3.05) is 13.7 Å². The van der Waals surface area contributed by atoms with Gasteiger partial charge < -0.3 is 10.1 Å². The third-order valence-corrected chi connectivity index (χ3v) is 4.62. The van der Waals surface area contributed by atoms with Crippen LogP contribution >= 0.6 is 31.9 Å². The molecule has 2 rings (SSSR count). The van der Waals surface area contributed by atoms with Gasteiger partial charge in [-0.1, -0.05) is 57.0 Å². The summed E-state index contributed by atoms with van der Waals surface area (Å²) in [4.78, 5) is 0. The third kappa shape index (κ3) is 4.31. The van der Waals surface area contributed by atoms with Crippen LogP contribution in [0.4, 0.5) is 0 Å². The van der Waals surface area contributed by atoms with Crippen molar-refractivity contribution >= 4 is 31.9 Å². The van der Waals surface area contributed by atoms with Crippen LogP contribution in [0.25, 0.3) is 0 Å². The van der Waals surface area contributed by atoms with E-state index in [1.54, 1.807) is 7.11 Å². The molecule has 1 unspecified atom stereocenters. The normalized spacial score (nSPS) is 12.2. The molecular formula is C17H19Br2NO. The molecule has 2 aromatic carbocycles. The highest BCUT2D eigenvalue weighted by atomic mass is 79.9. The maximum absolute atomic E-state index is 5.47. The molecule has 112 valence electrons. The van der Waals surface area contributed by atoms with Crippen LogP contribution in [0.5, 0.6) is 5.75 Å². The number of benzene rings is 2. The molecule has 0 aromatic heterocycles. The van der Waals surface area contributed by atoms with E-state index in [0.29, 0.717) is 0 Å². The Kier molecular flexibility index (Phi) is 6.27. The van der Waals surface area contributed by atoms with Crippen molar-refractivity contribution in [3.05, 3.63) is 62.5 Å². The Balaban J connectivity index is 2.33. The van der Waals surface area contributed by atoms with Crippen LogP contribution < -0.4 is 10.1 Å². The van der Waals surface area contributed by atoms with E-state index in [1.807, 2.05) is 18.2 Å². The van der Waals surface area contributed by atoms with Crippen LogP contribution in [0, 0.1) is 0 Å². The van der Waals surface area contributed by atoms with Crippen LogP contribution in [-0.4, -0.2) is 13.7 Å². The highest BCUT2D eigenvalue weighted by Crippen LogP contribution is 2.31. The van der Waals surface area contributed by atoms with Gasteiger partial charge in [0.25, 0.3) is 0 Å². The first-order valence-corrected chi connectivity index (χ1v) is 8.54. The smallest absolute Gasteiger partial charge is 0.122 e. The van der Waals surface area contributed by atoms with Crippen molar-refractivity contribution in [3.63, 3.8) is 0 Å². The molecule has 0 bridgehead atoms. The van der Waals surface area contributed by atoms with Crippen LogP contribution in [0.3, 0.4) is 0 Å². The minimum absolute atomic E-state index is 0.234. The van der Waals surface area contributed by atoms with Crippen LogP contribution in [-0.2, 0) is 6.42 Å². The minimum Gasteiger partial charge on any atom is -0.496 e. The molecule has 0 heterocycles. The van der Waals surface area contributed by atoms with Crippen molar-refractivity contribution in [2.24, 2.45) is 0 Å². The maximum atomic E-state index is 5.47. The molecule has 21 heavy (non-hydrogen) atoms. The van der Waals surface area contributed by atoms with Gasteiger partial charge in [-0.25, -0.2) is 0 Å². The van der Waals surface area contributed by atoms with Crippen LogP contribution in [0.2, 0.25) is 0 Å². The summed E-state index contributed by atoms with van der Waals surface area (Å²) in [6.07, 6.45) is 0.882.